The van der Waals surface area contributed by atoms with E-state index >= 15 is 0 Å². The normalized spacial score (nSPS) is 16.0. The fraction of sp³-hybridized carbons (Fsp3) is 0.562. The molecule has 124 valence electrons. The summed E-state index contributed by atoms with van der Waals surface area (Å²) >= 11 is 0. The maximum atomic E-state index is 12.5. The fourth-order valence-corrected chi connectivity index (χ4v) is 1.94. The van der Waals surface area contributed by atoms with Gasteiger partial charge in [-0.05, 0) is 37.0 Å². The lowest BCUT2D eigenvalue weighted by Crippen LogP contribution is -2.41. The van der Waals surface area contributed by atoms with E-state index in [1.54, 1.807) is 6.92 Å². The summed E-state index contributed by atoms with van der Waals surface area (Å²) in [5.74, 6) is -0.583. The number of halogens is 3. The number of amides is 1. The number of hydrogen-bond acceptors (Lipinski definition) is 2. The van der Waals surface area contributed by atoms with E-state index in [0.717, 1.165) is 12.1 Å². The minimum atomic E-state index is -4.35. The highest BCUT2D eigenvalue weighted by Gasteiger charge is 2.30. The Labute approximate surface area is 128 Å². The van der Waals surface area contributed by atoms with Crippen LogP contribution >= 0.6 is 0 Å². The van der Waals surface area contributed by atoms with Gasteiger partial charge in [-0.1, -0.05) is 26.0 Å². The van der Waals surface area contributed by atoms with Crippen molar-refractivity contribution in [3.05, 3.63) is 35.4 Å². The Balaban J connectivity index is 2.61. The smallest absolute Gasteiger partial charge is 0.396 e. The molecule has 6 heteroatoms. The van der Waals surface area contributed by atoms with Crippen molar-refractivity contribution in [3.8, 4) is 0 Å². The molecular weight excluding hydrogens is 295 g/mol. The van der Waals surface area contributed by atoms with Crippen LogP contribution in [0.5, 0.6) is 0 Å². The molecule has 1 aromatic rings. The number of aliphatic hydroxyl groups is 1. The molecule has 0 spiro atoms. The molecule has 1 rings (SSSR count). The van der Waals surface area contributed by atoms with E-state index in [2.05, 4.69) is 5.32 Å². The summed E-state index contributed by atoms with van der Waals surface area (Å²) in [6.07, 6.45) is -3.98. The molecule has 3 nitrogen and oxygen atoms in total. The Hall–Kier alpha value is -1.56. The van der Waals surface area contributed by atoms with Gasteiger partial charge in [0.15, 0.2) is 0 Å². The molecule has 1 aromatic carbocycles. The molecule has 3 atom stereocenters. The largest absolute Gasteiger partial charge is 0.416 e. The molecule has 0 saturated carbocycles. The average Bonchev–Trinajstić information content (AvgIpc) is 2.45. The van der Waals surface area contributed by atoms with Crippen molar-refractivity contribution >= 4 is 5.91 Å². The van der Waals surface area contributed by atoms with E-state index in [0.29, 0.717) is 12.0 Å². The third-order valence-corrected chi connectivity index (χ3v) is 3.78. The van der Waals surface area contributed by atoms with Crippen molar-refractivity contribution in [1.82, 2.24) is 5.32 Å². The third kappa shape index (κ3) is 5.33. The lowest BCUT2D eigenvalue weighted by Gasteiger charge is -2.21. The first-order valence-electron chi connectivity index (χ1n) is 7.22. The number of hydrogen-bond donors (Lipinski definition) is 2. The maximum absolute atomic E-state index is 12.5. The highest BCUT2D eigenvalue weighted by Crippen LogP contribution is 2.29. The summed E-state index contributed by atoms with van der Waals surface area (Å²) in [4.78, 5) is 12.0. The molecule has 22 heavy (non-hydrogen) atoms. The molecule has 0 radical (unpaired) electrons. The number of alkyl halides is 3. The van der Waals surface area contributed by atoms with Crippen LogP contribution < -0.4 is 5.32 Å². The van der Waals surface area contributed by atoms with Gasteiger partial charge in [-0.2, -0.15) is 13.2 Å². The van der Waals surface area contributed by atoms with E-state index in [1.807, 2.05) is 13.8 Å². The Morgan fingerprint density at radius 1 is 1.18 bits per heavy atom. The zero-order chi connectivity index (χ0) is 16.9. The minimum Gasteiger partial charge on any atom is -0.396 e. The molecule has 0 bridgehead atoms. The third-order valence-electron chi connectivity index (χ3n) is 3.78. The van der Waals surface area contributed by atoms with Crippen molar-refractivity contribution < 1.29 is 23.1 Å². The maximum Gasteiger partial charge on any atom is 0.416 e. The van der Waals surface area contributed by atoms with Crippen molar-refractivity contribution in [2.75, 3.05) is 6.61 Å². The number of benzene rings is 1. The van der Waals surface area contributed by atoms with Gasteiger partial charge in [-0.15, -0.1) is 0 Å². The Morgan fingerprint density at radius 3 is 2.18 bits per heavy atom. The summed E-state index contributed by atoms with van der Waals surface area (Å²) in [5, 5.41) is 11.8. The molecule has 3 unspecified atom stereocenters. The lowest BCUT2D eigenvalue weighted by molar-refractivity contribution is -0.137. The van der Waals surface area contributed by atoms with Gasteiger partial charge in [0, 0.05) is 18.6 Å². The molecular formula is C16H22F3NO2. The number of aliphatic hydroxyl groups excluding tert-OH is 1. The highest BCUT2D eigenvalue weighted by atomic mass is 19.4. The predicted octanol–water partition coefficient (Wildman–Crippen LogP) is 3.02. The number of nitrogens with one attached hydrogen (secondary N) is 1. The lowest BCUT2D eigenvalue weighted by atomic mass is 9.98. The molecule has 0 fully saturated rings. The Morgan fingerprint density at radius 2 is 1.73 bits per heavy atom. The van der Waals surface area contributed by atoms with E-state index in [9.17, 15) is 18.0 Å². The predicted molar refractivity (Wildman–Crippen MR) is 78.2 cm³/mol. The molecule has 0 saturated heterocycles. The second kappa shape index (κ2) is 7.63. The van der Waals surface area contributed by atoms with Crippen molar-refractivity contribution in [1.29, 1.82) is 0 Å². The van der Waals surface area contributed by atoms with Crippen LogP contribution in [0.15, 0.2) is 24.3 Å². The summed E-state index contributed by atoms with van der Waals surface area (Å²) < 4.78 is 37.4. The second-order valence-corrected chi connectivity index (χ2v) is 5.76. The molecule has 2 N–H and O–H groups in total. The number of rotatable bonds is 6. The van der Waals surface area contributed by atoms with Crippen LogP contribution in [-0.4, -0.2) is 23.7 Å². The van der Waals surface area contributed by atoms with Gasteiger partial charge < -0.3 is 10.4 Å². The van der Waals surface area contributed by atoms with Crippen LogP contribution in [0.2, 0.25) is 0 Å². The van der Waals surface area contributed by atoms with Gasteiger partial charge in [-0.3, -0.25) is 4.79 Å². The SMILES string of the molecule is CC(Cc1ccc(C(F)(F)F)cc1)C(=O)NC(C)C(C)CO. The van der Waals surface area contributed by atoms with Crippen molar-refractivity contribution in [2.24, 2.45) is 11.8 Å². The average molecular weight is 317 g/mol. The van der Waals surface area contributed by atoms with Crippen LogP contribution in [-0.2, 0) is 17.4 Å². The van der Waals surface area contributed by atoms with E-state index < -0.39 is 11.7 Å². The number of carbonyl (C=O) groups excluding carboxylic acids is 1. The van der Waals surface area contributed by atoms with Crippen molar-refractivity contribution in [3.63, 3.8) is 0 Å². The van der Waals surface area contributed by atoms with Crippen molar-refractivity contribution in [2.45, 2.75) is 39.4 Å². The fourth-order valence-electron chi connectivity index (χ4n) is 1.94. The van der Waals surface area contributed by atoms with Crippen LogP contribution in [0.25, 0.3) is 0 Å². The van der Waals surface area contributed by atoms with E-state index in [4.69, 9.17) is 5.11 Å². The summed E-state index contributed by atoms with van der Waals surface area (Å²) in [7, 11) is 0. The molecule has 0 aromatic heterocycles. The first kappa shape index (κ1) is 18.5. The first-order chi connectivity index (χ1) is 10.1. The van der Waals surface area contributed by atoms with E-state index in [1.165, 1.54) is 12.1 Å². The van der Waals surface area contributed by atoms with Gasteiger partial charge in [-0.25, -0.2) is 0 Å². The van der Waals surface area contributed by atoms with Crippen LogP contribution in [0.1, 0.15) is 31.9 Å². The standard InChI is InChI=1S/C16H22F3NO2/c1-10(15(22)20-12(3)11(2)9-21)8-13-4-6-14(7-5-13)16(17,18)19/h4-7,10-12,21H,8-9H2,1-3H3,(H,20,22). The van der Waals surface area contributed by atoms with Gasteiger partial charge in [0.1, 0.15) is 0 Å². The minimum absolute atomic E-state index is 0.0191. The molecule has 1 amide bonds. The molecule has 0 heterocycles. The van der Waals surface area contributed by atoms with Gasteiger partial charge in [0.2, 0.25) is 5.91 Å². The second-order valence-electron chi connectivity index (χ2n) is 5.76. The van der Waals surface area contributed by atoms with Gasteiger partial charge in [0.25, 0.3) is 0 Å². The topological polar surface area (TPSA) is 49.3 Å². The van der Waals surface area contributed by atoms with Gasteiger partial charge in [0.05, 0.1) is 5.56 Å². The molecule has 0 aliphatic carbocycles. The summed E-state index contributed by atoms with van der Waals surface area (Å²) in [5.41, 5.74) is -0.0164. The zero-order valence-corrected chi connectivity index (χ0v) is 12.9. The Kier molecular flexibility index (Phi) is 6.41. The zero-order valence-electron chi connectivity index (χ0n) is 12.9. The van der Waals surface area contributed by atoms with Gasteiger partial charge >= 0.3 is 6.18 Å². The van der Waals surface area contributed by atoms with E-state index in [-0.39, 0.29) is 30.4 Å². The molecule has 0 aliphatic heterocycles. The quantitative estimate of drug-likeness (QED) is 0.847. The van der Waals surface area contributed by atoms with Crippen LogP contribution in [0.4, 0.5) is 13.2 Å². The summed E-state index contributed by atoms with van der Waals surface area (Å²) in [6, 6.07) is 4.68. The first-order valence-corrected chi connectivity index (χ1v) is 7.22. The van der Waals surface area contributed by atoms with Crippen LogP contribution in [0, 0.1) is 11.8 Å². The number of carbonyl (C=O) groups is 1. The Bertz CT molecular complexity index is 485. The highest BCUT2D eigenvalue weighted by molar-refractivity contribution is 5.78. The monoisotopic (exact) mass is 317 g/mol. The van der Waals surface area contributed by atoms with Crippen LogP contribution in [0.3, 0.4) is 0 Å². The molecule has 0 aliphatic rings. The summed E-state index contributed by atoms with van der Waals surface area (Å²) in [6.45, 7) is 5.34.